The Morgan fingerprint density at radius 1 is 1.67 bits per heavy atom. The minimum Gasteiger partial charge on any atom is -0.385 e. The number of ether oxygens (including phenoxy) is 1. The van der Waals surface area contributed by atoms with Gasteiger partial charge in [-0.3, -0.25) is 4.79 Å². The quantitative estimate of drug-likeness (QED) is 0.610. The fourth-order valence-corrected chi connectivity index (χ4v) is 1.54. The first-order valence-electron chi connectivity index (χ1n) is 5.72. The highest BCUT2D eigenvalue weighted by Crippen LogP contribution is 2.16. The van der Waals surface area contributed by atoms with E-state index in [1.165, 1.54) is 6.20 Å². The highest BCUT2D eigenvalue weighted by molar-refractivity contribution is 6.30. The van der Waals surface area contributed by atoms with E-state index >= 15 is 0 Å². The van der Waals surface area contributed by atoms with Crippen LogP contribution in [0.4, 0.5) is 5.69 Å². The van der Waals surface area contributed by atoms with E-state index in [1.54, 1.807) is 13.2 Å². The molecule has 0 saturated carbocycles. The van der Waals surface area contributed by atoms with Gasteiger partial charge in [0.25, 0.3) is 0 Å². The second-order valence-corrected chi connectivity index (χ2v) is 4.42. The molecule has 3 N–H and O–H groups in total. The minimum absolute atomic E-state index is 0.227. The van der Waals surface area contributed by atoms with Crippen molar-refractivity contribution in [3.05, 3.63) is 23.0 Å². The molecule has 18 heavy (non-hydrogen) atoms. The second-order valence-electron chi connectivity index (χ2n) is 4.06. The molecule has 1 aromatic rings. The number of anilines is 1. The molecule has 100 valence electrons. The van der Waals surface area contributed by atoms with Gasteiger partial charge in [-0.1, -0.05) is 11.6 Å². The van der Waals surface area contributed by atoms with Crippen LogP contribution in [0.3, 0.4) is 0 Å². The van der Waals surface area contributed by atoms with E-state index in [0.29, 0.717) is 23.9 Å². The first-order valence-corrected chi connectivity index (χ1v) is 6.10. The van der Waals surface area contributed by atoms with E-state index in [1.807, 2.05) is 6.92 Å². The van der Waals surface area contributed by atoms with E-state index in [4.69, 9.17) is 22.1 Å². The summed E-state index contributed by atoms with van der Waals surface area (Å²) in [5.74, 6) is -0.227. The molecular formula is C12H18ClN3O2. The highest BCUT2D eigenvalue weighted by atomic mass is 35.5. The smallest absolute Gasteiger partial charge is 0.241 e. The summed E-state index contributed by atoms with van der Waals surface area (Å²) in [6.07, 6.45) is 2.85. The Balaban J connectivity index is 2.50. The number of rotatable bonds is 6. The minimum atomic E-state index is -0.545. The largest absolute Gasteiger partial charge is 0.385 e. The number of nitrogens with two attached hydrogens (primary N) is 1. The third-order valence-electron chi connectivity index (χ3n) is 2.48. The second kappa shape index (κ2) is 7.31. The Morgan fingerprint density at radius 3 is 3.00 bits per heavy atom. The van der Waals surface area contributed by atoms with Crippen molar-refractivity contribution < 1.29 is 9.53 Å². The Kier molecular flexibility index (Phi) is 6.04. The molecule has 0 saturated heterocycles. The number of halogens is 1. The van der Waals surface area contributed by atoms with Crippen LogP contribution in [-0.4, -0.2) is 30.6 Å². The molecule has 0 bridgehead atoms. The molecule has 1 rings (SSSR count). The van der Waals surface area contributed by atoms with Gasteiger partial charge >= 0.3 is 0 Å². The zero-order valence-electron chi connectivity index (χ0n) is 10.6. The number of amides is 1. The zero-order valence-corrected chi connectivity index (χ0v) is 11.3. The number of nitrogens with one attached hydrogen (secondary N) is 1. The fraction of sp³-hybridized carbons (Fsp3) is 0.500. The summed E-state index contributed by atoms with van der Waals surface area (Å²) < 4.78 is 4.91. The predicted octanol–water partition coefficient (Wildman–Crippen LogP) is 1.74. The number of pyridine rings is 1. The molecule has 0 aliphatic heterocycles. The lowest BCUT2D eigenvalue weighted by Crippen LogP contribution is -2.35. The van der Waals surface area contributed by atoms with Crippen molar-refractivity contribution in [2.45, 2.75) is 25.8 Å². The molecule has 1 amide bonds. The number of carbonyl (C=O) groups is 1. The molecule has 0 spiro atoms. The summed E-state index contributed by atoms with van der Waals surface area (Å²) in [5, 5.41) is 3.14. The Labute approximate surface area is 112 Å². The Hall–Kier alpha value is -1.17. The number of nitrogens with zero attached hydrogens (tertiary/aromatic N) is 1. The molecule has 0 aromatic carbocycles. The van der Waals surface area contributed by atoms with Gasteiger partial charge in [-0.2, -0.15) is 0 Å². The van der Waals surface area contributed by atoms with E-state index in [9.17, 15) is 4.79 Å². The average Bonchev–Trinajstić information content (AvgIpc) is 2.34. The number of carbonyl (C=O) groups excluding carboxylic acids is 1. The molecular weight excluding hydrogens is 254 g/mol. The monoisotopic (exact) mass is 271 g/mol. The van der Waals surface area contributed by atoms with Crippen LogP contribution in [0.5, 0.6) is 0 Å². The van der Waals surface area contributed by atoms with E-state index in [0.717, 1.165) is 12.0 Å². The maximum atomic E-state index is 11.8. The predicted molar refractivity (Wildman–Crippen MR) is 71.7 cm³/mol. The van der Waals surface area contributed by atoms with Crippen LogP contribution in [-0.2, 0) is 9.53 Å². The number of hydrogen-bond donors (Lipinski definition) is 2. The van der Waals surface area contributed by atoms with Crippen LogP contribution in [0.1, 0.15) is 18.4 Å². The first-order chi connectivity index (χ1) is 8.54. The van der Waals surface area contributed by atoms with Crippen LogP contribution in [0.25, 0.3) is 0 Å². The van der Waals surface area contributed by atoms with Gasteiger partial charge in [0, 0.05) is 13.7 Å². The van der Waals surface area contributed by atoms with Crippen molar-refractivity contribution in [3.63, 3.8) is 0 Å². The van der Waals surface area contributed by atoms with Gasteiger partial charge in [-0.05, 0) is 31.4 Å². The summed E-state index contributed by atoms with van der Waals surface area (Å²) >= 11 is 5.80. The van der Waals surface area contributed by atoms with Crippen LogP contribution in [0.2, 0.25) is 5.15 Å². The highest BCUT2D eigenvalue weighted by Gasteiger charge is 2.13. The molecule has 0 radical (unpaired) electrons. The number of methoxy groups -OCH3 is 1. The SMILES string of the molecule is COCCCC(N)C(=O)Nc1cnc(Cl)c(C)c1. The molecule has 5 nitrogen and oxygen atoms in total. The topological polar surface area (TPSA) is 77.2 Å². The summed E-state index contributed by atoms with van der Waals surface area (Å²) in [6.45, 7) is 2.42. The first kappa shape index (κ1) is 14.9. The third kappa shape index (κ3) is 4.60. The number of hydrogen-bond acceptors (Lipinski definition) is 4. The molecule has 0 fully saturated rings. The van der Waals surface area contributed by atoms with Crippen molar-refractivity contribution in [2.75, 3.05) is 19.0 Å². The standard InChI is InChI=1S/C12H18ClN3O2/c1-8-6-9(7-15-11(8)13)16-12(17)10(14)4-3-5-18-2/h6-7,10H,3-5,14H2,1-2H3,(H,16,17). The summed E-state index contributed by atoms with van der Waals surface area (Å²) in [6, 6.07) is 1.21. The third-order valence-corrected chi connectivity index (χ3v) is 2.88. The molecule has 1 unspecified atom stereocenters. The van der Waals surface area contributed by atoms with Gasteiger partial charge in [0.05, 0.1) is 17.9 Å². The van der Waals surface area contributed by atoms with Gasteiger partial charge in [-0.15, -0.1) is 0 Å². The van der Waals surface area contributed by atoms with Gasteiger partial charge in [0.1, 0.15) is 5.15 Å². The van der Waals surface area contributed by atoms with Crippen molar-refractivity contribution in [1.29, 1.82) is 0 Å². The van der Waals surface area contributed by atoms with Crippen molar-refractivity contribution >= 4 is 23.2 Å². The Morgan fingerprint density at radius 2 is 2.39 bits per heavy atom. The van der Waals surface area contributed by atoms with Gasteiger partial charge in [0.2, 0.25) is 5.91 Å². The van der Waals surface area contributed by atoms with E-state index in [-0.39, 0.29) is 5.91 Å². The summed E-state index contributed by atoms with van der Waals surface area (Å²) in [5.41, 5.74) is 7.17. The lowest BCUT2D eigenvalue weighted by atomic mass is 10.1. The maximum Gasteiger partial charge on any atom is 0.241 e. The van der Waals surface area contributed by atoms with Crippen molar-refractivity contribution in [1.82, 2.24) is 4.98 Å². The van der Waals surface area contributed by atoms with Crippen LogP contribution in [0, 0.1) is 6.92 Å². The van der Waals surface area contributed by atoms with Gasteiger partial charge in [0.15, 0.2) is 0 Å². The molecule has 1 aromatic heterocycles. The zero-order chi connectivity index (χ0) is 13.5. The fourth-order valence-electron chi connectivity index (χ4n) is 1.44. The van der Waals surface area contributed by atoms with Crippen LogP contribution in [0.15, 0.2) is 12.3 Å². The molecule has 0 aliphatic rings. The number of aromatic nitrogens is 1. The van der Waals surface area contributed by atoms with Gasteiger partial charge in [-0.25, -0.2) is 4.98 Å². The van der Waals surface area contributed by atoms with Crippen LogP contribution >= 0.6 is 11.6 Å². The number of aryl methyl sites for hydroxylation is 1. The normalized spacial score (nSPS) is 12.2. The van der Waals surface area contributed by atoms with Crippen molar-refractivity contribution in [2.24, 2.45) is 5.73 Å². The summed E-state index contributed by atoms with van der Waals surface area (Å²) in [7, 11) is 1.62. The average molecular weight is 272 g/mol. The van der Waals surface area contributed by atoms with Crippen LogP contribution < -0.4 is 11.1 Å². The van der Waals surface area contributed by atoms with Gasteiger partial charge < -0.3 is 15.8 Å². The molecule has 1 heterocycles. The summed E-state index contributed by atoms with van der Waals surface area (Å²) in [4.78, 5) is 15.7. The lowest BCUT2D eigenvalue weighted by Gasteiger charge is -2.12. The Bertz CT molecular complexity index is 412. The molecule has 6 heteroatoms. The molecule has 0 aliphatic carbocycles. The van der Waals surface area contributed by atoms with Crippen molar-refractivity contribution in [3.8, 4) is 0 Å². The maximum absolute atomic E-state index is 11.8. The lowest BCUT2D eigenvalue weighted by molar-refractivity contribution is -0.117. The van der Waals surface area contributed by atoms with E-state index < -0.39 is 6.04 Å². The molecule has 1 atom stereocenters. The van der Waals surface area contributed by atoms with E-state index in [2.05, 4.69) is 10.3 Å².